The maximum Gasteiger partial charge on any atom is 0.225 e. The fourth-order valence-corrected chi connectivity index (χ4v) is 4.24. The molecule has 0 bridgehead atoms. The lowest BCUT2D eigenvalue weighted by molar-refractivity contribution is 0.275. The van der Waals surface area contributed by atoms with Crippen LogP contribution in [0, 0.1) is 42.9 Å². The van der Waals surface area contributed by atoms with E-state index in [4.69, 9.17) is 10.00 Å². The molecule has 7 nitrogen and oxygen atoms in total. The minimum absolute atomic E-state index is 0.358. The molecule has 2 aromatic heterocycles. The Balaban J connectivity index is 1.20. The number of nitrogens with zero attached hydrogens (tertiary/aromatic N) is 6. The molecule has 146 valence electrons. The van der Waals surface area contributed by atoms with Gasteiger partial charge < -0.3 is 9.64 Å². The van der Waals surface area contributed by atoms with Gasteiger partial charge in [0, 0.05) is 31.5 Å². The van der Waals surface area contributed by atoms with Gasteiger partial charge in [-0.2, -0.15) is 10.2 Å². The van der Waals surface area contributed by atoms with Crippen LogP contribution in [0.25, 0.3) is 0 Å². The van der Waals surface area contributed by atoms with Crippen molar-refractivity contribution < 1.29 is 4.74 Å². The number of anilines is 1. The van der Waals surface area contributed by atoms with E-state index in [9.17, 15) is 0 Å². The maximum absolute atomic E-state index is 8.99. The van der Waals surface area contributed by atoms with Crippen molar-refractivity contribution in [2.75, 3.05) is 24.6 Å². The average molecular weight is 378 g/mol. The van der Waals surface area contributed by atoms with E-state index in [1.54, 1.807) is 13.0 Å². The molecule has 7 heteroatoms. The average Bonchev–Trinajstić information content (AvgIpc) is 3.48. The highest BCUT2D eigenvalue weighted by Gasteiger charge is 2.43. The van der Waals surface area contributed by atoms with Crippen molar-refractivity contribution in [1.29, 1.82) is 5.26 Å². The Bertz CT molecular complexity index is 854. The summed E-state index contributed by atoms with van der Waals surface area (Å²) < 4.78 is 5.77. The van der Waals surface area contributed by atoms with Crippen LogP contribution in [0.2, 0.25) is 0 Å². The quantitative estimate of drug-likeness (QED) is 0.763. The molecule has 1 aliphatic carbocycles. The van der Waals surface area contributed by atoms with E-state index >= 15 is 0 Å². The molecule has 4 rings (SSSR count). The van der Waals surface area contributed by atoms with Gasteiger partial charge in [0.15, 0.2) is 0 Å². The van der Waals surface area contributed by atoms with Gasteiger partial charge in [0.05, 0.1) is 6.61 Å². The Morgan fingerprint density at radius 3 is 2.64 bits per heavy atom. The van der Waals surface area contributed by atoms with Gasteiger partial charge in [0.1, 0.15) is 17.6 Å². The number of nitriles is 1. The zero-order valence-corrected chi connectivity index (χ0v) is 16.5. The van der Waals surface area contributed by atoms with Crippen molar-refractivity contribution in [3.8, 4) is 11.9 Å². The van der Waals surface area contributed by atoms with Crippen molar-refractivity contribution in [2.24, 2.45) is 17.8 Å². The summed E-state index contributed by atoms with van der Waals surface area (Å²) >= 11 is 0. The van der Waals surface area contributed by atoms with E-state index in [-0.39, 0.29) is 0 Å². The van der Waals surface area contributed by atoms with Crippen LogP contribution in [0.15, 0.2) is 18.5 Å². The molecular formula is C21H26N6O. The number of piperidine rings is 1. The summed E-state index contributed by atoms with van der Waals surface area (Å²) in [4.78, 5) is 19.5. The molecular weight excluding hydrogens is 352 g/mol. The van der Waals surface area contributed by atoms with E-state index < -0.39 is 0 Å². The first kappa shape index (κ1) is 18.6. The highest BCUT2D eigenvalue weighted by molar-refractivity contribution is 5.30. The highest BCUT2D eigenvalue weighted by Crippen LogP contribution is 2.49. The number of aromatic nitrogens is 4. The van der Waals surface area contributed by atoms with E-state index in [1.807, 2.05) is 25.4 Å². The normalized spacial score (nSPS) is 22.0. The molecule has 0 spiro atoms. The summed E-state index contributed by atoms with van der Waals surface area (Å²) in [5, 5.41) is 8.99. The monoisotopic (exact) mass is 378 g/mol. The molecule has 2 fully saturated rings. The lowest BCUT2D eigenvalue weighted by Gasteiger charge is -2.32. The smallest absolute Gasteiger partial charge is 0.225 e. The van der Waals surface area contributed by atoms with Crippen LogP contribution in [-0.4, -0.2) is 39.6 Å². The van der Waals surface area contributed by atoms with E-state index in [1.165, 1.54) is 19.3 Å². The van der Waals surface area contributed by atoms with Crippen LogP contribution in [-0.2, 0) is 0 Å². The van der Waals surface area contributed by atoms with Gasteiger partial charge in [-0.3, -0.25) is 0 Å². The lowest BCUT2D eigenvalue weighted by Crippen LogP contribution is -2.35. The van der Waals surface area contributed by atoms with Crippen LogP contribution in [0.1, 0.15) is 42.8 Å². The Hall–Kier alpha value is -2.75. The summed E-state index contributed by atoms with van der Waals surface area (Å²) in [6, 6.07) is 3.66. The Labute approximate surface area is 165 Å². The molecule has 0 radical (unpaired) electrons. The van der Waals surface area contributed by atoms with Crippen LogP contribution >= 0.6 is 0 Å². The third-order valence-corrected chi connectivity index (χ3v) is 5.84. The summed E-state index contributed by atoms with van der Waals surface area (Å²) in [7, 11) is 0. The third-order valence-electron chi connectivity index (χ3n) is 5.84. The van der Waals surface area contributed by atoms with Gasteiger partial charge >= 0.3 is 0 Å². The van der Waals surface area contributed by atoms with E-state index in [0.29, 0.717) is 24.0 Å². The van der Waals surface area contributed by atoms with Gasteiger partial charge in [-0.25, -0.2) is 15.0 Å². The summed E-state index contributed by atoms with van der Waals surface area (Å²) in [6.45, 7) is 6.54. The molecule has 1 saturated carbocycles. The minimum atomic E-state index is 0.358. The third kappa shape index (κ3) is 4.38. The van der Waals surface area contributed by atoms with Gasteiger partial charge in [-0.1, -0.05) is 0 Å². The van der Waals surface area contributed by atoms with Crippen molar-refractivity contribution in [3.05, 3.63) is 35.5 Å². The predicted molar refractivity (Wildman–Crippen MR) is 105 cm³/mol. The lowest BCUT2D eigenvalue weighted by atomic mass is 9.90. The Kier molecular flexibility index (Phi) is 5.38. The first-order chi connectivity index (χ1) is 13.6. The van der Waals surface area contributed by atoms with Gasteiger partial charge in [0.25, 0.3) is 0 Å². The summed E-state index contributed by atoms with van der Waals surface area (Å²) in [5.74, 6) is 4.33. The second-order valence-electron chi connectivity index (χ2n) is 7.93. The van der Waals surface area contributed by atoms with Crippen LogP contribution in [0.5, 0.6) is 5.88 Å². The number of rotatable bonds is 6. The minimum Gasteiger partial charge on any atom is -0.478 e. The Morgan fingerprint density at radius 2 is 1.93 bits per heavy atom. The first-order valence-electron chi connectivity index (χ1n) is 10.0. The van der Waals surface area contributed by atoms with Crippen molar-refractivity contribution in [2.45, 2.75) is 39.5 Å². The molecule has 3 heterocycles. The van der Waals surface area contributed by atoms with Gasteiger partial charge in [-0.05, 0) is 62.8 Å². The number of ether oxygens (including phenoxy) is 1. The second kappa shape index (κ2) is 8.09. The molecule has 1 saturated heterocycles. The zero-order chi connectivity index (χ0) is 19.5. The van der Waals surface area contributed by atoms with Crippen LogP contribution in [0.4, 0.5) is 5.95 Å². The maximum atomic E-state index is 8.99. The molecule has 2 atom stereocenters. The van der Waals surface area contributed by atoms with E-state index in [0.717, 1.165) is 48.8 Å². The molecule has 2 aliphatic rings. The van der Waals surface area contributed by atoms with Gasteiger partial charge in [0.2, 0.25) is 11.8 Å². The van der Waals surface area contributed by atoms with Crippen LogP contribution < -0.4 is 9.64 Å². The molecule has 28 heavy (non-hydrogen) atoms. The molecule has 0 aromatic carbocycles. The first-order valence-corrected chi connectivity index (χ1v) is 10.0. The summed E-state index contributed by atoms with van der Waals surface area (Å²) in [5.41, 5.74) is 1.46. The molecule has 0 unspecified atom stereocenters. The fraction of sp³-hybridized carbons (Fsp3) is 0.571. The second-order valence-corrected chi connectivity index (χ2v) is 7.93. The predicted octanol–water partition coefficient (Wildman–Crippen LogP) is 3.08. The SMILES string of the molecule is Cc1cnc(N2CCC([C@@H]3C[C@@H]3CCOc3cc(C#N)nc(C)n3)CC2)nc1. The molecule has 2 aromatic rings. The topological polar surface area (TPSA) is 87.8 Å². The number of hydrogen-bond acceptors (Lipinski definition) is 7. The molecule has 1 aliphatic heterocycles. The van der Waals surface area contributed by atoms with Crippen molar-refractivity contribution >= 4 is 5.95 Å². The van der Waals surface area contributed by atoms with Crippen molar-refractivity contribution in [3.63, 3.8) is 0 Å². The Morgan fingerprint density at radius 1 is 1.18 bits per heavy atom. The number of hydrogen-bond donors (Lipinski definition) is 0. The number of aryl methyl sites for hydroxylation is 2. The highest BCUT2D eigenvalue weighted by atomic mass is 16.5. The standard InChI is InChI=1S/C21H26N6O/c1-14-12-23-21(24-13-14)27-6-3-16(4-7-27)19-9-17(19)5-8-28-20-10-18(11-22)25-15(2)26-20/h10,12-13,16-17,19H,3-9H2,1-2H3/t17-,19-/m0/s1. The molecule has 0 amide bonds. The zero-order valence-electron chi connectivity index (χ0n) is 16.5. The van der Waals surface area contributed by atoms with Crippen LogP contribution in [0.3, 0.4) is 0 Å². The molecule has 0 N–H and O–H groups in total. The van der Waals surface area contributed by atoms with Crippen molar-refractivity contribution in [1.82, 2.24) is 19.9 Å². The summed E-state index contributed by atoms with van der Waals surface area (Å²) in [6.07, 6.45) is 8.58. The largest absolute Gasteiger partial charge is 0.478 e. The fourth-order valence-electron chi connectivity index (χ4n) is 4.24. The van der Waals surface area contributed by atoms with Gasteiger partial charge in [-0.15, -0.1) is 0 Å². The van der Waals surface area contributed by atoms with E-state index in [2.05, 4.69) is 24.8 Å².